The number of rotatable bonds is 10. The summed E-state index contributed by atoms with van der Waals surface area (Å²) in [6, 6.07) is 21.2. The molecule has 0 aliphatic rings. The Labute approximate surface area is 181 Å². The molecule has 5 nitrogen and oxygen atoms in total. The van der Waals surface area contributed by atoms with Gasteiger partial charge in [0.2, 0.25) is 0 Å². The maximum absolute atomic E-state index is 14.6. The molecule has 3 N–H and O–H groups in total. The lowest BCUT2D eigenvalue weighted by atomic mass is 9.97. The van der Waals surface area contributed by atoms with E-state index in [4.69, 9.17) is 9.84 Å². The topological polar surface area (TPSA) is 78.8 Å². The fourth-order valence-electron chi connectivity index (χ4n) is 3.25. The molecule has 6 heteroatoms. The third kappa shape index (κ3) is 6.38. The smallest absolute Gasteiger partial charge is 0.310 e. The van der Waals surface area contributed by atoms with Crippen LogP contribution in [0.2, 0.25) is 0 Å². The van der Waals surface area contributed by atoms with Crippen LogP contribution in [0.15, 0.2) is 72.8 Å². The molecule has 31 heavy (non-hydrogen) atoms. The molecular formula is C25H26FNO4. The Bertz CT molecular complexity index is 1010. The summed E-state index contributed by atoms with van der Waals surface area (Å²) in [5, 5.41) is 22.1. The van der Waals surface area contributed by atoms with Gasteiger partial charge >= 0.3 is 5.97 Å². The molecule has 0 aliphatic heterocycles. The molecule has 0 amide bonds. The Kier molecular flexibility index (Phi) is 7.76. The van der Waals surface area contributed by atoms with Gasteiger partial charge in [-0.3, -0.25) is 10.1 Å². The number of aliphatic hydroxyl groups excluding tert-OH is 1. The van der Waals surface area contributed by atoms with E-state index in [0.29, 0.717) is 29.0 Å². The van der Waals surface area contributed by atoms with Crippen molar-refractivity contribution in [3.8, 4) is 16.9 Å². The second-order valence-electron chi connectivity index (χ2n) is 7.34. The zero-order chi connectivity index (χ0) is 22.2. The van der Waals surface area contributed by atoms with Crippen LogP contribution < -0.4 is 10.1 Å². The van der Waals surface area contributed by atoms with Crippen molar-refractivity contribution in [2.75, 3.05) is 6.54 Å². The summed E-state index contributed by atoms with van der Waals surface area (Å²) in [7, 11) is 0. The first-order chi connectivity index (χ1) is 14.9. The van der Waals surface area contributed by atoms with Crippen molar-refractivity contribution in [1.29, 1.82) is 0 Å². The van der Waals surface area contributed by atoms with Gasteiger partial charge in [-0.1, -0.05) is 54.6 Å². The Morgan fingerprint density at radius 2 is 1.84 bits per heavy atom. The maximum atomic E-state index is 14.6. The van der Waals surface area contributed by atoms with Crippen LogP contribution >= 0.6 is 0 Å². The van der Waals surface area contributed by atoms with Crippen LogP contribution in [0.1, 0.15) is 30.4 Å². The van der Waals surface area contributed by atoms with Crippen LogP contribution in [0.3, 0.4) is 0 Å². The van der Waals surface area contributed by atoms with Gasteiger partial charge in [-0.05, 0) is 54.7 Å². The second-order valence-corrected chi connectivity index (χ2v) is 7.34. The fourth-order valence-corrected chi connectivity index (χ4v) is 3.25. The molecule has 2 unspecified atom stereocenters. The number of halogens is 1. The predicted octanol–water partition coefficient (Wildman–Crippen LogP) is 4.56. The minimum Gasteiger partial charge on any atom is -0.481 e. The first kappa shape index (κ1) is 22.5. The van der Waals surface area contributed by atoms with Gasteiger partial charge in [0.25, 0.3) is 6.41 Å². The molecule has 0 radical (unpaired) electrons. The molecule has 0 fully saturated rings. The number of carboxylic acids is 1. The molecule has 0 spiro atoms. The van der Waals surface area contributed by atoms with Crippen LogP contribution in [0, 0.1) is 5.82 Å². The van der Waals surface area contributed by atoms with Crippen LogP contribution in [-0.2, 0) is 11.2 Å². The summed E-state index contributed by atoms with van der Waals surface area (Å²) in [6.07, 6.45) is 0.553. The first-order valence-corrected chi connectivity index (χ1v) is 10.2. The highest BCUT2D eigenvalue weighted by atomic mass is 19.1. The molecule has 162 valence electrons. The summed E-state index contributed by atoms with van der Waals surface area (Å²) in [5.74, 6) is -1.92. The van der Waals surface area contributed by atoms with Crippen LogP contribution in [-0.4, -0.2) is 29.1 Å². The molecule has 3 aromatic rings. The third-order valence-corrected chi connectivity index (χ3v) is 5.06. The number of carbonyl (C=O) groups is 1. The lowest BCUT2D eigenvalue weighted by molar-refractivity contribution is -0.138. The standard InChI is InChI=1S/C25H26FNO4/c1-17(24(28)29)19-12-13-22(23(26)16-19)20-10-5-11-21(15-20)31-25(30)27-14-6-9-18-7-3-2-4-8-18/h2-5,7-8,10-13,15-17,25,27,30H,6,9,14H2,1H3,(H,28,29). The lowest BCUT2D eigenvalue weighted by Gasteiger charge is -2.16. The molecule has 2 atom stereocenters. The zero-order valence-electron chi connectivity index (χ0n) is 17.3. The van der Waals surface area contributed by atoms with E-state index in [-0.39, 0.29) is 0 Å². The van der Waals surface area contributed by atoms with E-state index in [1.54, 1.807) is 36.4 Å². The Morgan fingerprint density at radius 1 is 1.06 bits per heavy atom. The highest BCUT2D eigenvalue weighted by Gasteiger charge is 2.16. The van der Waals surface area contributed by atoms with Gasteiger partial charge < -0.3 is 14.9 Å². The van der Waals surface area contributed by atoms with E-state index in [1.165, 1.54) is 18.6 Å². The molecule has 0 saturated carbocycles. The van der Waals surface area contributed by atoms with E-state index in [9.17, 15) is 14.3 Å². The summed E-state index contributed by atoms with van der Waals surface area (Å²) < 4.78 is 20.1. The third-order valence-electron chi connectivity index (χ3n) is 5.06. The molecule has 0 heterocycles. The van der Waals surface area contributed by atoms with Crippen molar-refractivity contribution >= 4 is 5.97 Å². The van der Waals surface area contributed by atoms with E-state index >= 15 is 0 Å². The summed E-state index contributed by atoms with van der Waals surface area (Å²) >= 11 is 0. The van der Waals surface area contributed by atoms with Gasteiger partial charge in [-0.2, -0.15) is 0 Å². The number of benzene rings is 3. The highest BCUT2D eigenvalue weighted by Crippen LogP contribution is 2.29. The van der Waals surface area contributed by atoms with E-state index in [1.807, 2.05) is 18.2 Å². The number of nitrogens with one attached hydrogen (secondary N) is 1. The number of carboxylic acid groups (broad SMARTS) is 1. The average molecular weight is 423 g/mol. The van der Waals surface area contributed by atoms with Gasteiger partial charge in [0.15, 0.2) is 0 Å². The van der Waals surface area contributed by atoms with E-state index in [0.717, 1.165) is 12.8 Å². The second kappa shape index (κ2) is 10.7. The first-order valence-electron chi connectivity index (χ1n) is 10.2. The van der Waals surface area contributed by atoms with Crippen molar-refractivity contribution < 1.29 is 24.1 Å². The molecule has 0 aromatic heterocycles. The SMILES string of the molecule is CC(C(=O)O)c1ccc(-c2cccc(OC(O)NCCCc3ccccc3)c2)c(F)c1. The molecule has 3 rings (SSSR count). The Balaban J connectivity index is 1.58. The van der Waals surface area contributed by atoms with Crippen molar-refractivity contribution in [1.82, 2.24) is 5.32 Å². The van der Waals surface area contributed by atoms with Gasteiger partial charge in [0, 0.05) is 12.1 Å². The summed E-state index contributed by atoms with van der Waals surface area (Å²) in [4.78, 5) is 11.1. The number of ether oxygens (including phenoxy) is 1. The summed E-state index contributed by atoms with van der Waals surface area (Å²) in [5.41, 5.74) is 2.53. The van der Waals surface area contributed by atoms with Gasteiger partial charge in [0.1, 0.15) is 11.6 Å². The quantitative estimate of drug-likeness (QED) is 0.329. The van der Waals surface area contributed by atoms with Gasteiger partial charge in [-0.15, -0.1) is 0 Å². The van der Waals surface area contributed by atoms with Crippen LogP contribution in [0.25, 0.3) is 11.1 Å². The number of aliphatic carboxylic acids is 1. The monoisotopic (exact) mass is 423 g/mol. The van der Waals surface area contributed by atoms with Gasteiger partial charge in [-0.25, -0.2) is 4.39 Å². The van der Waals surface area contributed by atoms with Crippen molar-refractivity contribution in [3.63, 3.8) is 0 Å². The molecule has 3 aromatic carbocycles. The minimum atomic E-state index is -1.19. The van der Waals surface area contributed by atoms with E-state index < -0.39 is 24.1 Å². The largest absolute Gasteiger partial charge is 0.481 e. The number of aliphatic hydroxyl groups is 1. The van der Waals surface area contributed by atoms with E-state index in [2.05, 4.69) is 17.4 Å². The fraction of sp³-hybridized carbons (Fsp3) is 0.240. The average Bonchev–Trinajstić information content (AvgIpc) is 2.77. The Hall–Kier alpha value is -3.22. The minimum absolute atomic E-state index is 0.331. The molecule has 0 aliphatic carbocycles. The highest BCUT2D eigenvalue weighted by molar-refractivity contribution is 5.76. The maximum Gasteiger partial charge on any atom is 0.310 e. The van der Waals surface area contributed by atoms with Gasteiger partial charge in [0.05, 0.1) is 5.92 Å². The number of hydrogen-bond donors (Lipinski definition) is 3. The van der Waals surface area contributed by atoms with Crippen LogP contribution in [0.5, 0.6) is 5.75 Å². The predicted molar refractivity (Wildman–Crippen MR) is 117 cm³/mol. The normalized spacial score (nSPS) is 12.9. The number of aryl methyl sites for hydroxylation is 1. The van der Waals surface area contributed by atoms with Crippen molar-refractivity contribution in [2.45, 2.75) is 32.1 Å². The zero-order valence-corrected chi connectivity index (χ0v) is 17.3. The van der Waals surface area contributed by atoms with Crippen molar-refractivity contribution in [2.24, 2.45) is 0 Å². The molecular weight excluding hydrogens is 397 g/mol. The van der Waals surface area contributed by atoms with Crippen molar-refractivity contribution in [3.05, 3.63) is 89.7 Å². The number of hydrogen-bond acceptors (Lipinski definition) is 4. The summed E-state index contributed by atoms with van der Waals surface area (Å²) in [6.45, 7) is 2.09. The van der Waals surface area contributed by atoms with Crippen LogP contribution in [0.4, 0.5) is 4.39 Å². The molecule has 0 bridgehead atoms. The lowest BCUT2D eigenvalue weighted by Crippen LogP contribution is -2.34. The Morgan fingerprint density at radius 3 is 2.55 bits per heavy atom. The molecule has 0 saturated heterocycles.